The van der Waals surface area contributed by atoms with Crippen LogP contribution in [0.3, 0.4) is 0 Å². The van der Waals surface area contributed by atoms with E-state index in [0.717, 1.165) is 60.2 Å². The molecule has 11 heteroatoms. The minimum absolute atomic E-state index is 0. The monoisotopic (exact) mass is 769 g/mol. The number of nitrogens with zero attached hydrogens (tertiary/aromatic N) is 1. The largest absolute Gasteiger partial charge is 0.466 e. The molecule has 0 amide bonds. The Hall–Kier alpha value is -2.49. The molecule has 47 heavy (non-hydrogen) atoms. The van der Waals surface area contributed by atoms with Gasteiger partial charge in [-0.3, -0.25) is 9.69 Å². The lowest BCUT2D eigenvalue weighted by atomic mass is 9.93. The van der Waals surface area contributed by atoms with Gasteiger partial charge in [0.1, 0.15) is 0 Å². The van der Waals surface area contributed by atoms with E-state index < -0.39 is 0 Å². The van der Waals surface area contributed by atoms with Crippen LogP contribution in [0.25, 0.3) is 0 Å². The number of unbranched alkanes of at least 4 members (excludes halogenated alkanes) is 3. The second-order valence-corrected chi connectivity index (χ2v) is 13.0. The van der Waals surface area contributed by atoms with Crippen molar-refractivity contribution in [2.24, 2.45) is 0 Å². The molecule has 0 atom stereocenters. The topological polar surface area (TPSA) is 93.9 Å². The van der Waals surface area contributed by atoms with Gasteiger partial charge in [-0.1, -0.05) is 73.7 Å². The molecule has 0 saturated heterocycles. The molecular weight excluding hydrogens is 725 g/mol. The molecule has 0 radical (unpaired) electrons. The van der Waals surface area contributed by atoms with Crippen molar-refractivity contribution >= 4 is 80.5 Å². The van der Waals surface area contributed by atoms with Crippen molar-refractivity contribution < 1.29 is 19.1 Å². The lowest BCUT2D eigenvalue weighted by Gasteiger charge is -2.34. The van der Waals surface area contributed by atoms with Crippen molar-refractivity contribution in [1.29, 1.82) is 0 Å². The van der Waals surface area contributed by atoms with Gasteiger partial charge in [0, 0.05) is 29.7 Å². The van der Waals surface area contributed by atoms with E-state index in [2.05, 4.69) is 33.1 Å². The number of anilines is 3. The summed E-state index contributed by atoms with van der Waals surface area (Å²) in [5.41, 5.74) is 10.2. The first-order chi connectivity index (χ1) is 22.2. The number of hydrogen-bond donors (Lipinski definition) is 2. The Morgan fingerprint density at radius 2 is 1.53 bits per heavy atom. The van der Waals surface area contributed by atoms with E-state index in [4.69, 9.17) is 38.4 Å². The van der Waals surface area contributed by atoms with Gasteiger partial charge in [0.2, 0.25) is 0 Å². The Labute approximate surface area is 304 Å². The van der Waals surface area contributed by atoms with E-state index in [0.29, 0.717) is 40.6 Å². The quantitative estimate of drug-likeness (QED) is 0.0957. The van der Waals surface area contributed by atoms with Crippen molar-refractivity contribution in [2.75, 3.05) is 30.8 Å². The van der Waals surface area contributed by atoms with Crippen LogP contribution in [0.4, 0.5) is 17.1 Å². The van der Waals surface area contributed by atoms with E-state index in [-0.39, 0.29) is 24.3 Å². The fraction of sp³-hybridized carbons (Fsp3) is 0.444. The van der Waals surface area contributed by atoms with Gasteiger partial charge >= 0.3 is 11.9 Å². The fourth-order valence-electron chi connectivity index (χ4n) is 5.39. The number of halogens is 4. The molecule has 0 unspecified atom stereocenters. The van der Waals surface area contributed by atoms with Gasteiger partial charge in [0.25, 0.3) is 0 Å². The van der Waals surface area contributed by atoms with Crippen molar-refractivity contribution in [3.8, 4) is 0 Å². The molecule has 7 nitrogen and oxygen atoms in total. The molecule has 1 aliphatic rings. The second-order valence-electron chi connectivity index (χ2n) is 11.4. The Morgan fingerprint density at radius 1 is 0.915 bits per heavy atom. The number of rotatable bonds is 14. The third-order valence-electron chi connectivity index (χ3n) is 7.90. The smallest absolute Gasteiger partial charge is 0.338 e. The predicted molar refractivity (Wildman–Crippen MR) is 200 cm³/mol. The number of nitrogen functional groups attached to an aromatic ring is 1. The van der Waals surface area contributed by atoms with Crippen LogP contribution >= 0.6 is 51.5 Å². The highest BCUT2D eigenvalue weighted by atomic mass is 79.9. The zero-order valence-electron chi connectivity index (χ0n) is 27.2. The first-order valence-corrected chi connectivity index (χ1v) is 17.6. The predicted octanol–water partition coefficient (Wildman–Crippen LogP) is 10.6. The number of carbonyl (C=O) groups is 2. The van der Waals surface area contributed by atoms with Gasteiger partial charge in [-0.05, 0) is 103 Å². The third kappa shape index (κ3) is 14.3. The van der Waals surface area contributed by atoms with Gasteiger partial charge < -0.3 is 20.5 Å². The SMILES string of the molecule is CCN(Cc1cc(C(=O)OCCCCCCOC(C)=O)cc(Br)c1N)C1CCCCC1.Cl.Clc1cccc(Cl)c1Nc1ccccc1. The highest BCUT2D eigenvalue weighted by molar-refractivity contribution is 9.10. The maximum atomic E-state index is 12.6. The highest BCUT2D eigenvalue weighted by Crippen LogP contribution is 2.32. The Morgan fingerprint density at radius 3 is 2.13 bits per heavy atom. The van der Waals surface area contributed by atoms with Crippen molar-refractivity contribution in [1.82, 2.24) is 4.90 Å². The Bertz CT molecular complexity index is 1370. The third-order valence-corrected chi connectivity index (χ3v) is 9.19. The van der Waals surface area contributed by atoms with E-state index in [9.17, 15) is 9.59 Å². The van der Waals surface area contributed by atoms with Crippen LogP contribution in [0.5, 0.6) is 0 Å². The number of ether oxygens (including phenoxy) is 2. The maximum Gasteiger partial charge on any atom is 0.338 e. The zero-order chi connectivity index (χ0) is 33.3. The van der Waals surface area contributed by atoms with Crippen LogP contribution in [-0.2, 0) is 20.8 Å². The summed E-state index contributed by atoms with van der Waals surface area (Å²) < 4.78 is 11.1. The molecule has 1 saturated carbocycles. The fourth-order valence-corrected chi connectivity index (χ4v) is 6.39. The molecule has 0 aromatic heterocycles. The minimum atomic E-state index is -0.317. The van der Waals surface area contributed by atoms with Gasteiger partial charge in [-0.15, -0.1) is 12.4 Å². The number of para-hydroxylation sites is 2. The lowest BCUT2D eigenvalue weighted by Crippen LogP contribution is -2.36. The molecule has 1 fully saturated rings. The second kappa shape index (κ2) is 22.2. The van der Waals surface area contributed by atoms with Crippen molar-refractivity contribution in [3.63, 3.8) is 0 Å². The summed E-state index contributed by atoms with van der Waals surface area (Å²) in [6.45, 7) is 6.14. The number of esters is 2. The molecule has 0 spiro atoms. The van der Waals surface area contributed by atoms with E-state index >= 15 is 0 Å². The van der Waals surface area contributed by atoms with E-state index in [1.807, 2.05) is 42.5 Å². The first kappa shape index (κ1) is 40.7. The van der Waals surface area contributed by atoms with Crippen molar-refractivity contribution in [2.45, 2.75) is 84.2 Å². The Balaban J connectivity index is 0.000000400. The summed E-state index contributed by atoms with van der Waals surface area (Å²) >= 11 is 15.6. The van der Waals surface area contributed by atoms with E-state index in [1.165, 1.54) is 39.0 Å². The number of nitrogens with one attached hydrogen (secondary N) is 1. The van der Waals surface area contributed by atoms with Gasteiger partial charge in [0.15, 0.2) is 0 Å². The van der Waals surface area contributed by atoms with Crippen LogP contribution in [0, 0.1) is 0 Å². The molecule has 1 aliphatic carbocycles. The molecule has 258 valence electrons. The molecule has 4 rings (SSSR count). The maximum absolute atomic E-state index is 12.6. The average molecular weight is 772 g/mol. The molecule has 3 aromatic carbocycles. The highest BCUT2D eigenvalue weighted by Gasteiger charge is 2.22. The minimum Gasteiger partial charge on any atom is -0.466 e. The molecule has 0 aliphatic heterocycles. The van der Waals surface area contributed by atoms with Gasteiger partial charge in [-0.2, -0.15) is 0 Å². The van der Waals surface area contributed by atoms with Gasteiger partial charge in [0.05, 0.1) is 40.2 Å². The molecular formula is C36H47BrCl3N3O4. The summed E-state index contributed by atoms with van der Waals surface area (Å²) in [6.07, 6.45) is 9.86. The zero-order valence-corrected chi connectivity index (χ0v) is 31.2. The van der Waals surface area contributed by atoms with Crippen molar-refractivity contribution in [3.05, 3.63) is 86.3 Å². The number of hydrogen-bond acceptors (Lipinski definition) is 7. The molecule has 0 heterocycles. The molecule has 3 N–H and O–H groups in total. The number of carbonyl (C=O) groups excluding carboxylic acids is 2. The van der Waals surface area contributed by atoms with Crippen LogP contribution in [-0.4, -0.2) is 42.6 Å². The van der Waals surface area contributed by atoms with Crippen LogP contribution in [0.15, 0.2) is 65.1 Å². The summed E-state index contributed by atoms with van der Waals surface area (Å²) in [6, 6.07) is 19.4. The molecule has 3 aromatic rings. The van der Waals surface area contributed by atoms with Gasteiger partial charge in [-0.25, -0.2) is 4.79 Å². The van der Waals surface area contributed by atoms with E-state index in [1.54, 1.807) is 18.2 Å². The Kier molecular flexibility index (Phi) is 19.2. The normalized spacial score (nSPS) is 12.8. The van der Waals surface area contributed by atoms with Crippen LogP contribution < -0.4 is 11.1 Å². The summed E-state index contributed by atoms with van der Waals surface area (Å²) in [5, 5.41) is 4.41. The van der Waals surface area contributed by atoms with Crippen LogP contribution in [0.1, 0.15) is 87.6 Å². The number of nitrogens with two attached hydrogens (primary N) is 1. The summed E-state index contributed by atoms with van der Waals surface area (Å²) in [4.78, 5) is 25.8. The van der Waals surface area contributed by atoms with Crippen LogP contribution in [0.2, 0.25) is 10.0 Å². The summed E-state index contributed by atoms with van der Waals surface area (Å²) in [7, 11) is 0. The first-order valence-electron chi connectivity index (χ1n) is 16.1. The number of benzene rings is 3. The average Bonchev–Trinajstić information content (AvgIpc) is 3.05. The summed E-state index contributed by atoms with van der Waals surface area (Å²) in [5.74, 6) is -0.564. The lowest BCUT2D eigenvalue weighted by molar-refractivity contribution is -0.141. The standard InChI is InChI=1S/C24H37BrN2O4.C12H9Cl2N.ClH/c1-3-27(21-11-7-6-8-12-21)17-20-15-19(16-22(25)23(20)26)24(29)31-14-10-5-4-9-13-30-18(2)28;13-10-7-4-8-11(14)12(10)15-9-5-2-1-3-6-9;/h15-16,21H,3-14,17,26H2,1-2H3;1-8,15H;1H. The molecule has 0 bridgehead atoms.